The molecule has 1 N–H and O–H groups in total. The molecule has 2 heterocycles. The van der Waals surface area contributed by atoms with Crippen molar-refractivity contribution in [2.24, 2.45) is 0 Å². The number of hydrogen-bond acceptors (Lipinski definition) is 4. The smallest absolute Gasteiger partial charge is 0.246 e. The standard InChI is InChI=1S/C20H18FN5/c21-16-7-5-15(6-8-16)18-2-1-13-26-19(18)24-20(25-26)23-17-9-3-14(4-10-17)11-12-22/h3-10,18H,1-2,11,13H2,(H,23,25). The van der Waals surface area contributed by atoms with Crippen LogP contribution in [0.15, 0.2) is 48.5 Å². The number of benzene rings is 2. The van der Waals surface area contributed by atoms with Crippen molar-refractivity contribution in [3.05, 3.63) is 71.3 Å². The fourth-order valence-electron chi connectivity index (χ4n) is 3.34. The van der Waals surface area contributed by atoms with Crippen LogP contribution in [0.1, 0.15) is 35.7 Å². The molecule has 0 amide bonds. The predicted molar refractivity (Wildman–Crippen MR) is 96.5 cm³/mol. The van der Waals surface area contributed by atoms with Crippen molar-refractivity contribution in [3.63, 3.8) is 0 Å². The van der Waals surface area contributed by atoms with E-state index in [9.17, 15) is 4.39 Å². The highest BCUT2D eigenvalue weighted by Gasteiger charge is 2.25. The lowest BCUT2D eigenvalue weighted by Gasteiger charge is -2.22. The topological polar surface area (TPSA) is 66.5 Å². The van der Waals surface area contributed by atoms with Gasteiger partial charge in [-0.05, 0) is 48.2 Å². The van der Waals surface area contributed by atoms with Gasteiger partial charge in [-0.3, -0.25) is 0 Å². The fourth-order valence-corrected chi connectivity index (χ4v) is 3.34. The van der Waals surface area contributed by atoms with Crippen LogP contribution in [0.2, 0.25) is 0 Å². The SMILES string of the molecule is N#CCc1ccc(Nc2nc3n(n2)CCCC3c2ccc(F)cc2)cc1. The van der Waals surface area contributed by atoms with Gasteiger partial charge in [-0.1, -0.05) is 24.3 Å². The Hall–Kier alpha value is -3.20. The molecule has 1 atom stereocenters. The maximum atomic E-state index is 13.2. The van der Waals surface area contributed by atoms with Crippen LogP contribution in [-0.4, -0.2) is 14.8 Å². The second kappa shape index (κ2) is 6.96. The zero-order valence-electron chi connectivity index (χ0n) is 14.2. The van der Waals surface area contributed by atoms with Crippen LogP contribution < -0.4 is 5.32 Å². The highest BCUT2D eigenvalue weighted by atomic mass is 19.1. The molecule has 0 radical (unpaired) electrons. The summed E-state index contributed by atoms with van der Waals surface area (Å²) in [6.07, 6.45) is 2.39. The normalized spacial score (nSPS) is 15.9. The Morgan fingerprint density at radius 3 is 2.65 bits per heavy atom. The van der Waals surface area contributed by atoms with Gasteiger partial charge in [0, 0.05) is 18.2 Å². The molecule has 5 nitrogen and oxygen atoms in total. The van der Waals surface area contributed by atoms with Gasteiger partial charge in [0.2, 0.25) is 5.95 Å². The Balaban J connectivity index is 1.57. The number of nitrogens with zero attached hydrogens (tertiary/aromatic N) is 4. The van der Waals surface area contributed by atoms with Crippen LogP contribution in [-0.2, 0) is 13.0 Å². The number of aromatic nitrogens is 3. The van der Waals surface area contributed by atoms with Gasteiger partial charge in [-0.15, -0.1) is 5.10 Å². The summed E-state index contributed by atoms with van der Waals surface area (Å²) in [6.45, 7) is 0.836. The summed E-state index contributed by atoms with van der Waals surface area (Å²) in [5.74, 6) is 1.37. The minimum Gasteiger partial charge on any atom is -0.323 e. The number of anilines is 2. The molecule has 3 aromatic rings. The molecule has 1 aromatic heterocycles. The first-order valence-electron chi connectivity index (χ1n) is 8.66. The first-order valence-corrected chi connectivity index (χ1v) is 8.66. The largest absolute Gasteiger partial charge is 0.323 e. The van der Waals surface area contributed by atoms with Crippen LogP contribution in [0.3, 0.4) is 0 Å². The Bertz CT molecular complexity index is 938. The molecule has 0 spiro atoms. The van der Waals surface area contributed by atoms with E-state index in [2.05, 4.69) is 21.5 Å². The van der Waals surface area contributed by atoms with Crippen LogP contribution in [0.5, 0.6) is 0 Å². The lowest BCUT2D eigenvalue weighted by atomic mass is 9.91. The summed E-state index contributed by atoms with van der Waals surface area (Å²) in [6, 6.07) is 16.5. The van der Waals surface area contributed by atoms with Crippen molar-refractivity contribution in [3.8, 4) is 6.07 Å². The molecule has 4 rings (SSSR count). The first kappa shape index (κ1) is 16.3. The van der Waals surface area contributed by atoms with E-state index >= 15 is 0 Å². The maximum Gasteiger partial charge on any atom is 0.246 e. The highest BCUT2D eigenvalue weighted by Crippen LogP contribution is 2.33. The van der Waals surface area contributed by atoms with Gasteiger partial charge in [0.15, 0.2) is 0 Å². The summed E-state index contributed by atoms with van der Waals surface area (Å²) >= 11 is 0. The fraction of sp³-hybridized carbons (Fsp3) is 0.250. The molecule has 0 saturated carbocycles. The molecule has 26 heavy (non-hydrogen) atoms. The van der Waals surface area contributed by atoms with Gasteiger partial charge in [0.05, 0.1) is 12.5 Å². The minimum atomic E-state index is -0.228. The molecular weight excluding hydrogens is 329 g/mol. The zero-order chi connectivity index (χ0) is 17.9. The molecule has 1 aliphatic heterocycles. The summed E-state index contributed by atoms with van der Waals surface area (Å²) in [5, 5.41) is 16.5. The Labute approximate surface area is 151 Å². The lowest BCUT2D eigenvalue weighted by Crippen LogP contribution is -2.17. The van der Waals surface area contributed by atoms with E-state index < -0.39 is 0 Å². The van der Waals surface area contributed by atoms with Crippen molar-refractivity contribution in [1.82, 2.24) is 14.8 Å². The molecule has 0 aliphatic carbocycles. The average Bonchev–Trinajstić information content (AvgIpc) is 3.07. The van der Waals surface area contributed by atoms with Gasteiger partial charge in [0.25, 0.3) is 0 Å². The molecule has 0 bridgehead atoms. The predicted octanol–water partition coefficient (Wildman–Crippen LogP) is 4.15. The zero-order valence-corrected chi connectivity index (χ0v) is 14.2. The van der Waals surface area contributed by atoms with Crippen molar-refractivity contribution >= 4 is 11.6 Å². The Kier molecular flexibility index (Phi) is 4.36. The average molecular weight is 347 g/mol. The van der Waals surface area contributed by atoms with E-state index in [-0.39, 0.29) is 11.7 Å². The second-order valence-electron chi connectivity index (χ2n) is 6.42. The summed E-state index contributed by atoms with van der Waals surface area (Å²) in [5.41, 5.74) is 2.92. The Morgan fingerprint density at radius 1 is 1.15 bits per heavy atom. The van der Waals surface area contributed by atoms with Crippen LogP contribution >= 0.6 is 0 Å². The minimum absolute atomic E-state index is 0.130. The monoisotopic (exact) mass is 347 g/mol. The number of halogens is 1. The van der Waals surface area contributed by atoms with Crippen molar-refractivity contribution < 1.29 is 4.39 Å². The molecule has 1 unspecified atom stereocenters. The van der Waals surface area contributed by atoms with E-state index in [4.69, 9.17) is 5.26 Å². The first-order chi connectivity index (χ1) is 12.7. The highest BCUT2D eigenvalue weighted by molar-refractivity contribution is 5.53. The van der Waals surface area contributed by atoms with E-state index in [1.165, 1.54) is 12.1 Å². The third-order valence-corrected chi connectivity index (χ3v) is 4.64. The van der Waals surface area contributed by atoms with Gasteiger partial charge in [0.1, 0.15) is 11.6 Å². The number of nitriles is 1. The number of aryl methyl sites for hydroxylation is 1. The summed E-state index contributed by atoms with van der Waals surface area (Å²) in [4.78, 5) is 4.68. The van der Waals surface area contributed by atoms with Crippen LogP contribution in [0.25, 0.3) is 0 Å². The van der Waals surface area contributed by atoms with Crippen molar-refractivity contribution in [2.75, 3.05) is 5.32 Å². The molecule has 0 fully saturated rings. The van der Waals surface area contributed by atoms with Gasteiger partial charge in [-0.2, -0.15) is 10.2 Å². The molecular formula is C20H18FN5. The van der Waals surface area contributed by atoms with Crippen LogP contribution in [0, 0.1) is 17.1 Å². The van der Waals surface area contributed by atoms with Crippen molar-refractivity contribution in [2.45, 2.75) is 31.7 Å². The van der Waals surface area contributed by atoms with E-state index in [0.29, 0.717) is 12.4 Å². The van der Waals surface area contributed by atoms with E-state index in [1.54, 1.807) is 0 Å². The lowest BCUT2D eigenvalue weighted by molar-refractivity contribution is 0.446. The summed E-state index contributed by atoms with van der Waals surface area (Å²) < 4.78 is 15.1. The Morgan fingerprint density at radius 2 is 1.92 bits per heavy atom. The number of hydrogen-bond donors (Lipinski definition) is 1. The molecule has 6 heteroatoms. The van der Waals surface area contributed by atoms with Crippen LogP contribution in [0.4, 0.5) is 16.0 Å². The third-order valence-electron chi connectivity index (χ3n) is 4.64. The van der Waals surface area contributed by atoms with Gasteiger partial charge in [-0.25, -0.2) is 9.07 Å². The molecule has 1 aliphatic rings. The number of nitrogens with one attached hydrogen (secondary N) is 1. The summed E-state index contributed by atoms with van der Waals surface area (Å²) in [7, 11) is 0. The molecule has 0 saturated heterocycles. The number of fused-ring (bicyclic) bond motifs is 1. The molecule has 2 aromatic carbocycles. The van der Waals surface area contributed by atoms with Crippen molar-refractivity contribution in [1.29, 1.82) is 5.26 Å². The van der Waals surface area contributed by atoms with E-state index in [0.717, 1.165) is 42.0 Å². The third kappa shape index (κ3) is 3.29. The quantitative estimate of drug-likeness (QED) is 0.770. The second-order valence-corrected chi connectivity index (χ2v) is 6.42. The number of rotatable bonds is 4. The van der Waals surface area contributed by atoms with Gasteiger partial charge < -0.3 is 5.32 Å². The van der Waals surface area contributed by atoms with E-state index in [1.807, 2.05) is 41.1 Å². The molecule has 130 valence electrons. The van der Waals surface area contributed by atoms with Gasteiger partial charge >= 0.3 is 0 Å². The maximum absolute atomic E-state index is 13.2.